The molecule has 3 N–H and O–H groups in total. The topological polar surface area (TPSA) is 117 Å². The van der Waals surface area contributed by atoms with Gasteiger partial charge in [0.15, 0.2) is 0 Å². The van der Waals surface area contributed by atoms with E-state index in [0.29, 0.717) is 0 Å². The van der Waals surface area contributed by atoms with E-state index in [9.17, 15) is 9.36 Å². The number of nitrogen functional groups attached to an aromatic ring is 1. The van der Waals surface area contributed by atoms with Crippen LogP contribution >= 0.6 is 8.25 Å². The minimum absolute atomic E-state index is 0.0466. The lowest BCUT2D eigenvalue weighted by atomic mass is 10.2. The number of hydrogen-bond donors (Lipinski definition) is 2. The van der Waals surface area contributed by atoms with E-state index in [1.54, 1.807) is 0 Å². The highest BCUT2D eigenvalue weighted by Crippen LogP contribution is 2.29. The Kier molecular flexibility index (Phi) is 3.25. The Morgan fingerprint density at radius 2 is 2.56 bits per heavy atom. The molecule has 1 fully saturated rings. The molecule has 1 aromatic rings. The van der Waals surface area contributed by atoms with Crippen molar-refractivity contribution in [2.24, 2.45) is 0 Å². The second-order valence-corrected chi connectivity index (χ2v) is 4.26. The van der Waals surface area contributed by atoms with Crippen molar-refractivity contribution in [2.45, 2.75) is 25.1 Å². The van der Waals surface area contributed by atoms with Crippen LogP contribution in [0.2, 0.25) is 0 Å². The monoisotopic (exact) mass is 278 g/mol. The molecule has 0 aliphatic carbocycles. The summed E-state index contributed by atoms with van der Waals surface area (Å²) in [6.45, 7) is -0.303. The zero-order valence-electron chi connectivity index (χ0n) is 11.2. The molecule has 98 valence electrons. The first-order valence-electron chi connectivity index (χ1n) is 6.19. The Hall–Kier alpha value is -1.34. The van der Waals surface area contributed by atoms with Crippen molar-refractivity contribution in [1.82, 2.24) is 9.55 Å². The second-order valence-electron chi connectivity index (χ2n) is 3.53. The van der Waals surface area contributed by atoms with Crippen LogP contribution in [0.5, 0.6) is 0 Å². The highest BCUT2D eigenvalue weighted by atomic mass is 31.1. The first-order chi connectivity index (χ1) is 9.40. The summed E-state index contributed by atoms with van der Waals surface area (Å²) in [7, 11) is -2.80. The van der Waals surface area contributed by atoms with Crippen LogP contribution in [0.3, 0.4) is 0 Å². The fraction of sp³-hybridized carbons (Fsp3) is 0.556. The third kappa shape index (κ3) is 3.11. The zero-order chi connectivity index (χ0) is 14.9. The van der Waals surface area contributed by atoms with Crippen LogP contribution in [0.4, 0.5) is 5.82 Å². The van der Waals surface area contributed by atoms with Crippen molar-refractivity contribution in [1.29, 1.82) is 0 Å². The third-order valence-corrected chi connectivity index (χ3v) is 2.65. The number of ether oxygens (including phenoxy) is 1. The molecule has 0 aromatic carbocycles. The van der Waals surface area contributed by atoms with Gasteiger partial charge in [-0.2, -0.15) is 4.98 Å². The minimum atomic E-state index is -2.80. The van der Waals surface area contributed by atoms with Crippen molar-refractivity contribution in [3.8, 4) is 0 Å². The molecule has 1 aromatic heterocycles. The van der Waals surface area contributed by atoms with E-state index in [1.165, 1.54) is 12.3 Å². The SMILES string of the molecule is [3H][C@@H]1[C@H]([3H])[C@@H](CO[P+](=O)O)O[C@H]1n1ccc(N)nc1=O. The molecule has 18 heavy (non-hydrogen) atoms. The molecule has 2 rings (SSSR count). The van der Waals surface area contributed by atoms with Gasteiger partial charge in [-0.15, -0.1) is 9.42 Å². The molecule has 1 saturated heterocycles. The summed E-state index contributed by atoms with van der Waals surface area (Å²) >= 11 is 0. The average molecular weight is 278 g/mol. The summed E-state index contributed by atoms with van der Waals surface area (Å²) in [5, 5.41) is 0. The highest BCUT2D eigenvalue weighted by Gasteiger charge is 2.30. The number of nitrogens with two attached hydrogens (primary N) is 1. The molecule has 8 nitrogen and oxygen atoms in total. The molecule has 0 radical (unpaired) electrons. The number of rotatable bonds is 4. The largest absolute Gasteiger partial charge is 0.694 e. The van der Waals surface area contributed by atoms with Crippen molar-refractivity contribution in [2.75, 3.05) is 12.3 Å². The van der Waals surface area contributed by atoms with Crippen molar-refractivity contribution >= 4 is 14.1 Å². The van der Waals surface area contributed by atoms with Crippen LogP contribution < -0.4 is 11.4 Å². The molecule has 0 amide bonds. The van der Waals surface area contributed by atoms with E-state index >= 15 is 0 Å². The van der Waals surface area contributed by atoms with Crippen LogP contribution in [0.25, 0.3) is 0 Å². The van der Waals surface area contributed by atoms with Gasteiger partial charge < -0.3 is 10.5 Å². The van der Waals surface area contributed by atoms with Gasteiger partial charge in [-0.1, -0.05) is 0 Å². The molecule has 2 heterocycles. The summed E-state index contributed by atoms with van der Waals surface area (Å²) < 4.78 is 37.1. The van der Waals surface area contributed by atoms with Crippen LogP contribution in [-0.2, 0) is 13.8 Å². The quantitative estimate of drug-likeness (QED) is 0.754. The summed E-state index contributed by atoms with van der Waals surface area (Å²) in [5.41, 5.74) is 4.68. The van der Waals surface area contributed by atoms with Gasteiger partial charge in [0.05, 0.1) is 6.10 Å². The Bertz CT molecular complexity index is 571. The van der Waals surface area contributed by atoms with Gasteiger partial charge >= 0.3 is 13.9 Å². The van der Waals surface area contributed by atoms with Gasteiger partial charge in [0.25, 0.3) is 0 Å². The number of hydrogen-bond acceptors (Lipinski definition) is 6. The maximum Gasteiger partial charge on any atom is 0.694 e. The van der Waals surface area contributed by atoms with Gasteiger partial charge in [0, 0.05) is 13.5 Å². The van der Waals surface area contributed by atoms with Gasteiger partial charge in [0.1, 0.15) is 18.7 Å². The minimum Gasteiger partial charge on any atom is -0.383 e. The molecule has 1 aliphatic heterocycles. The maximum absolute atomic E-state index is 11.7. The average Bonchev–Trinajstić information content (AvgIpc) is 2.64. The van der Waals surface area contributed by atoms with Gasteiger partial charge in [-0.25, -0.2) is 4.79 Å². The lowest BCUT2D eigenvalue weighted by Crippen LogP contribution is -2.27. The van der Waals surface area contributed by atoms with Gasteiger partial charge in [0.2, 0.25) is 0 Å². The van der Waals surface area contributed by atoms with E-state index in [1.807, 2.05) is 0 Å². The van der Waals surface area contributed by atoms with E-state index in [2.05, 4.69) is 9.51 Å². The lowest BCUT2D eigenvalue weighted by molar-refractivity contribution is -0.0202. The first kappa shape index (κ1) is 10.6. The summed E-state index contributed by atoms with van der Waals surface area (Å²) in [5.74, 6) is 0.0466. The standard InChI is InChI=1S/C9H12N3O5P/c10-7-3-4-12(9(13)11-7)8-2-1-6(17-8)5-16-18(14)15/h3-4,6,8H,1-2,5H2,(H2-,10,11,13,14,15)/p+1/t6-,8+/m0/s1/i1T,2T/t1-,2+,6-,8+. The van der Waals surface area contributed by atoms with Crippen LogP contribution in [0.15, 0.2) is 17.1 Å². The van der Waals surface area contributed by atoms with E-state index in [4.69, 9.17) is 18.1 Å². The molecule has 0 bridgehead atoms. The smallest absolute Gasteiger partial charge is 0.383 e. The lowest BCUT2D eigenvalue weighted by Gasteiger charge is -2.14. The van der Waals surface area contributed by atoms with Crippen LogP contribution in [0.1, 0.15) is 21.8 Å². The molecule has 1 aliphatic rings. The fourth-order valence-electron chi connectivity index (χ4n) is 1.50. The van der Waals surface area contributed by atoms with Crippen LogP contribution in [-0.4, -0.2) is 27.2 Å². The molecular weight excluding hydrogens is 261 g/mol. The maximum atomic E-state index is 11.7. The Morgan fingerprint density at radius 3 is 3.22 bits per heavy atom. The zero-order valence-corrected chi connectivity index (χ0v) is 10.1. The molecular formula is C9H13N3O5P+. The first-order valence-corrected chi connectivity index (χ1v) is 6.17. The normalized spacial score (nSPS) is 33.9. The fourth-order valence-corrected chi connectivity index (χ4v) is 1.77. The Morgan fingerprint density at radius 1 is 1.78 bits per heavy atom. The molecule has 1 unspecified atom stereocenters. The van der Waals surface area contributed by atoms with E-state index in [-0.39, 0.29) is 12.4 Å². The van der Waals surface area contributed by atoms with Gasteiger partial charge in [-0.3, -0.25) is 4.57 Å². The number of anilines is 1. The van der Waals surface area contributed by atoms with E-state index in [0.717, 1.165) is 4.57 Å². The van der Waals surface area contributed by atoms with Gasteiger partial charge in [-0.05, 0) is 18.9 Å². The summed E-state index contributed by atoms with van der Waals surface area (Å²) in [4.78, 5) is 23.8. The molecule has 9 heteroatoms. The summed E-state index contributed by atoms with van der Waals surface area (Å²) in [6.07, 6.45) is -2.62. The van der Waals surface area contributed by atoms with Crippen LogP contribution in [0, 0.1) is 0 Å². The van der Waals surface area contributed by atoms with E-state index < -0.39 is 39.1 Å². The number of nitrogens with zero attached hydrogens (tertiary/aromatic N) is 2. The second kappa shape index (κ2) is 5.53. The predicted octanol–water partition coefficient (Wildman–Crippen LogP) is 0.169. The molecule has 0 saturated carbocycles. The van der Waals surface area contributed by atoms with Crippen molar-refractivity contribution < 1.29 is 21.5 Å². The third-order valence-electron chi connectivity index (χ3n) is 2.28. The predicted molar refractivity (Wildman–Crippen MR) is 61.8 cm³/mol. The van der Waals surface area contributed by atoms with Crippen molar-refractivity contribution in [3.05, 3.63) is 22.7 Å². The summed E-state index contributed by atoms with van der Waals surface area (Å²) in [6, 6.07) is 1.38. The Balaban J connectivity index is 2.17. The highest BCUT2D eigenvalue weighted by molar-refractivity contribution is 7.32. The number of aromatic nitrogens is 2. The molecule has 0 spiro atoms. The molecule has 5 atom stereocenters. The Labute approximate surface area is 106 Å². The van der Waals surface area contributed by atoms with Crippen molar-refractivity contribution in [3.63, 3.8) is 0 Å².